The zero-order valence-corrected chi connectivity index (χ0v) is 21.4. The van der Waals surface area contributed by atoms with Crippen molar-refractivity contribution in [1.29, 1.82) is 0 Å². The monoisotopic (exact) mass is 506 g/mol. The Hall–Kier alpha value is -3.94. The van der Waals surface area contributed by atoms with E-state index in [0.717, 1.165) is 84.0 Å². The van der Waals surface area contributed by atoms with Gasteiger partial charge in [-0.1, -0.05) is 48.5 Å². The van der Waals surface area contributed by atoms with Gasteiger partial charge < -0.3 is 14.8 Å². The molecular formula is C31H30N4O3. The number of amides is 1. The molecular weight excluding hydrogens is 476 g/mol. The minimum absolute atomic E-state index is 0.0787. The summed E-state index contributed by atoms with van der Waals surface area (Å²) in [6.07, 6.45) is 4.97. The number of nitrogens with zero attached hydrogens (tertiary/aromatic N) is 2. The molecule has 0 radical (unpaired) electrons. The standard InChI is InChI=1S/C31H30N4O3/c1-37-23-8-10-25-29(17-23)32-30(36)31(25)18-26(31)22-7-9-24-27(33-34-28(24)16-22)11-6-20-2-4-21(5-3-20)19-35-12-14-38-15-13-35/h2-11,16-17,26H,12-15,18-19H2,1H3,(H,32,36)(H,33,34)/b11-6+/t26-,31-/m1/s1. The number of morpholine rings is 1. The number of nitrogens with one attached hydrogen (secondary N) is 2. The van der Waals surface area contributed by atoms with Gasteiger partial charge in [0.2, 0.25) is 5.91 Å². The van der Waals surface area contributed by atoms with Gasteiger partial charge in [-0.2, -0.15) is 5.10 Å². The Bertz CT molecular complexity index is 1550. The zero-order chi connectivity index (χ0) is 25.7. The first-order chi connectivity index (χ1) is 18.6. The Kier molecular flexibility index (Phi) is 5.56. The highest BCUT2D eigenvalue weighted by Gasteiger charge is 2.65. The van der Waals surface area contributed by atoms with Crippen molar-refractivity contribution in [2.45, 2.75) is 24.3 Å². The average molecular weight is 507 g/mol. The molecule has 1 saturated carbocycles. The summed E-state index contributed by atoms with van der Waals surface area (Å²) in [4.78, 5) is 15.4. The lowest BCUT2D eigenvalue weighted by Gasteiger charge is -2.26. The maximum atomic E-state index is 13.0. The summed E-state index contributed by atoms with van der Waals surface area (Å²) in [6.45, 7) is 4.59. The van der Waals surface area contributed by atoms with Gasteiger partial charge in [-0.05, 0) is 46.9 Å². The van der Waals surface area contributed by atoms with Gasteiger partial charge in [-0.25, -0.2) is 0 Å². The third-order valence-corrected chi connectivity index (χ3v) is 8.26. The Morgan fingerprint density at radius 2 is 1.92 bits per heavy atom. The van der Waals surface area contributed by atoms with Gasteiger partial charge in [0, 0.05) is 42.7 Å². The lowest BCUT2D eigenvalue weighted by molar-refractivity contribution is -0.118. The number of benzene rings is 3. The fraction of sp³-hybridized carbons (Fsp3) is 0.290. The van der Waals surface area contributed by atoms with Crippen molar-refractivity contribution in [3.05, 3.63) is 88.6 Å². The molecule has 1 spiro atoms. The Morgan fingerprint density at radius 3 is 2.74 bits per heavy atom. The van der Waals surface area contributed by atoms with E-state index in [9.17, 15) is 4.79 Å². The first-order valence-electron chi connectivity index (χ1n) is 13.2. The number of rotatable bonds is 6. The van der Waals surface area contributed by atoms with Crippen LogP contribution in [0.5, 0.6) is 5.75 Å². The summed E-state index contributed by atoms with van der Waals surface area (Å²) in [5, 5.41) is 11.9. The highest BCUT2D eigenvalue weighted by Crippen LogP contribution is 2.65. The van der Waals surface area contributed by atoms with Crippen LogP contribution in [0, 0.1) is 0 Å². The number of anilines is 1. The molecule has 7 heteroatoms. The van der Waals surface area contributed by atoms with Gasteiger partial charge in [-0.15, -0.1) is 0 Å². The fourth-order valence-electron chi connectivity index (χ4n) is 6.04. The maximum absolute atomic E-state index is 13.0. The molecule has 3 aliphatic rings. The third kappa shape index (κ3) is 3.90. The van der Waals surface area contributed by atoms with E-state index < -0.39 is 5.41 Å². The van der Waals surface area contributed by atoms with Crippen LogP contribution in [-0.4, -0.2) is 54.4 Å². The molecule has 7 nitrogen and oxygen atoms in total. The minimum Gasteiger partial charge on any atom is -0.497 e. The molecule has 3 heterocycles. The van der Waals surface area contributed by atoms with Crippen molar-refractivity contribution in [2.75, 3.05) is 38.7 Å². The highest BCUT2D eigenvalue weighted by atomic mass is 16.5. The summed E-state index contributed by atoms with van der Waals surface area (Å²) < 4.78 is 10.8. The van der Waals surface area contributed by atoms with Crippen LogP contribution < -0.4 is 10.1 Å². The van der Waals surface area contributed by atoms with Crippen molar-refractivity contribution in [1.82, 2.24) is 15.1 Å². The minimum atomic E-state index is -0.480. The first-order valence-corrected chi connectivity index (χ1v) is 13.2. The fourth-order valence-corrected chi connectivity index (χ4v) is 6.04. The van der Waals surface area contributed by atoms with E-state index in [-0.39, 0.29) is 11.8 Å². The number of H-pyrrole nitrogens is 1. The average Bonchev–Trinajstić information content (AvgIpc) is 3.49. The van der Waals surface area contributed by atoms with E-state index in [1.165, 1.54) is 5.56 Å². The molecule has 1 saturated heterocycles. The molecule has 2 N–H and O–H groups in total. The van der Waals surface area contributed by atoms with Gasteiger partial charge in [-0.3, -0.25) is 14.8 Å². The van der Waals surface area contributed by atoms with Crippen molar-refractivity contribution in [2.24, 2.45) is 0 Å². The quantitative estimate of drug-likeness (QED) is 0.387. The molecule has 2 atom stereocenters. The molecule has 3 aromatic carbocycles. The first kappa shape index (κ1) is 23.2. The van der Waals surface area contributed by atoms with E-state index in [0.29, 0.717) is 0 Å². The maximum Gasteiger partial charge on any atom is 0.235 e. The number of aromatic nitrogens is 2. The van der Waals surface area contributed by atoms with Gasteiger partial charge in [0.25, 0.3) is 0 Å². The van der Waals surface area contributed by atoms with Crippen molar-refractivity contribution >= 4 is 34.6 Å². The van der Waals surface area contributed by atoms with Crippen LogP contribution in [-0.2, 0) is 21.5 Å². The van der Waals surface area contributed by atoms with E-state index in [2.05, 4.69) is 75.0 Å². The summed E-state index contributed by atoms with van der Waals surface area (Å²) >= 11 is 0. The molecule has 1 aliphatic carbocycles. The zero-order valence-electron chi connectivity index (χ0n) is 21.4. The molecule has 0 unspecified atom stereocenters. The summed E-state index contributed by atoms with van der Waals surface area (Å²) in [5.41, 5.74) is 6.96. The largest absolute Gasteiger partial charge is 0.497 e. The number of hydrogen-bond donors (Lipinski definition) is 2. The molecule has 4 aromatic rings. The number of fused-ring (bicyclic) bond motifs is 3. The normalized spacial score (nSPS) is 22.8. The second kappa shape index (κ2) is 9.11. The Balaban J connectivity index is 1.07. The second-order valence-electron chi connectivity index (χ2n) is 10.5. The Labute approximate surface area is 221 Å². The topological polar surface area (TPSA) is 79.5 Å². The number of carbonyl (C=O) groups is 1. The number of carbonyl (C=O) groups excluding carboxylic acids is 1. The molecule has 2 aliphatic heterocycles. The Morgan fingerprint density at radius 1 is 1.08 bits per heavy atom. The van der Waals surface area contributed by atoms with Crippen LogP contribution in [0.15, 0.2) is 60.7 Å². The van der Waals surface area contributed by atoms with Crippen LogP contribution in [0.1, 0.15) is 40.3 Å². The number of aromatic amines is 1. The van der Waals surface area contributed by atoms with E-state index in [1.54, 1.807) is 7.11 Å². The molecule has 1 amide bonds. The smallest absolute Gasteiger partial charge is 0.235 e. The number of methoxy groups -OCH3 is 1. The van der Waals surface area contributed by atoms with Crippen LogP contribution in [0.2, 0.25) is 0 Å². The van der Waals surface area contributed by atoms with Gasteiger partial charge >= 0.3 is 0 Å². The molecule has 7 rings (SSSR count). The third-order valence-electron chi connectivity index (χ3n) is 8.26. The molecule has 1 aromatic heterocycles. The van der Waals surface area contributed by atoms with Gasteiger partial charge in [0.05, 0.1) is 36.9 Å². The molecule has 2 fully saturated rings. The lowest BCUT2D eigenvalue weighted by atomic mass is 9.91. The molecule has 38 heavy (non-hydrogen) atoms. The predicted molar refractivity (Wildman–Crippen MR) is 148 cm³/mol. The summed E-state index contributed by atoms with van der Waals surface area (Å²) in [7, 11) is 1.64. The van der Waals surface area contributed by atoms with Crippen LogP contribution in [0.3, 0.4) is 0 Å². The second-order valence-corrected chi connectivity index (χ2v) is 10.5. The van der Waals surface area contributed by atoms with Crippen molar-refractivity contribution < 1.29 is 14.3 Å². The lowest BCUT2D eigenvalue weighted by Crippen LogP contribution is -2.35. The molecule has 0 bridgehead atoms. The van der Waals surface area contributed by atoms with E-state index in [4.69, 9.17) is 9.47 Å². The summed E-state index contributed by atoms with van der Waals surface area (Å²) in [6, 6.07) is 21.0. The van der Waals surface area contributed by atoms with Crippen molar-refractivity contribution in [3.8, 4) is 5.75 Å². The SMILES string of the molecule is COc1ccc2c(c1)NC(=O)[C@]21C[C@@H]1c1ccc2c(/C=C/c3ccc(CN4CCOCC4)cc3)n[nH]c2c1. The number of ether oxygens (including phenoxy) is 2. The van der Waals surface area contributed by atoms with E-state index >= 15 is 0 Å². The van der Waals surface area contributed by atoms with E-state index in [1.807, 2.05) is 18.2 Å². The van der Waals surface area contributed by atoms with Crippen LogP contribution in [0.25, 0.3) is 23.1 Å². The van der Waals surface area contributed by atoms with Gasteiger partial charge in [0.1, 0.15) is 5.75 Å². The predicted octanol–water partition coefficient (Wildman–Crippen LogP) is 4.95. The molecule has 192 valence electrons. The van der Waals surface area contributed by atoms with Crippen LogP contribution >= 0.6 is 0 Å². The highest BCUT2D eigenvalue weighted by molar-refractivity contribution is 6.10. The summed E-state index contributed by atoms with van der Waals surface area (Å²) in [5.74, 6) is 0.983. The van der Waals surface area contributed by atoms with Gasteiger partial charge in [0.15, 0.2) is 0 Å². The number of hydrogen-bond acceptors (Lipinski definition) is 5. The van der Waals surface area contributed by atoms with Crippen molar-refractivity contribution in [3.63, 3.8) is 0 Å². The van der Waals surface area contributed by atoms with Crippen LogP contribution in [0.4, 0.5) is 5.69 Å².